The average molecular weight is 447 g/mol. The molecule has 170 valence electrons. The summed E-state index contributed by atoms with van der Waals surface area (Å²) >= 11 is 0. The normalized spacial score (nSPS) is 17.4. The molecule has 3 amide bonds. The third-order valence-electron chi connectivity index (χ3n) is 5.44. The number of nitrogens with zero attached hydrogens (tertiary/aromatic N) is 4. The van der Waals surface area contributed by atoms with Crippen LogP contribution in [0.15, 0.2) is 18.5 Å². The summed E-state index contributed by atoms with van der Waals surface area (Å²) in [6.45, 7) is 11.2. The Morgan fingerprint density at radius 3 is 2.81 bits per heavy atom. The molecule has 1 atom stereocenters. The monoisotopic (exact) mass is 446 g/mol. The minimum atomic E-state index is -1.11. The Hall–Kier alpha value is -2.46. The number of anilines is 1. The van der Waals surface area contributed by atoms with Crippen molar-refractivity contribution in [3.63, 3.8) is 0 Å². The van der Waals surface area contributed by atoms with Crippen LogP contribution in [0.1, 0.15) is 26.2 Å². The summed E-state index contributed by atoms with van der Waals surface area (Å²) in [4.78, 5) is 34.7. The zero-order valence-corrected chi connectivity index (χ0v) is 20.0. The van der Waals surface area contributed by atoms with Crippen LogP contribution in [0, 0.1) is 0 Å². The van der Waals surface area contributed by atoms with Crippen LogP contribution in [0.25, 0.3) is 11.2 Å². The largest absolute Gasteiger partial charge is 0.361 e. The van der Waals surface area contributed by atoms with E-state index in [1.807, 2.05) is 21.7 Å². The van der Waals surface area contributed by atoms with Crippen molar-refractivity contribution >= 4 is 37.0 Å². The molecular formula is C21H34N6O3Si. The van der Waals surface area contributed by atoms with E-state index in [1.165, 1.54) is 0 Å². The molecule has 2 aromatic heterocycles. The van der Waals surface area contributed by atoms with Crippen LogP contribution in [0.2, 0.25) is 25.7 Å². The lowest BCUT2D eigenvalue weighted by Crippen LogP contribution is -2.39. The number of ether oxygens (including phenoxy) is 1. The van der Waals surface area contributed by atoms with Gasteiger partial charge < -0.3 is 19.5 Å². The molecule has 2 aromatic rings. The molecule has 0 saturated carbocycles. The fourth-order valence-corrected chi connectivity index (χ4v) is 4.32. The highest BCUT2D eigenvalue weighted by Crippen LogP contribution is 2.15. The number of carbonyl (C=O) groups excluding carboxylic acids is 2. The summed E-state index contributed by atoms with van der Waals surface area (Å²) < 4.78 is 7.72. The maximum absolute atomic E-state index is 12.4. The third-order valence-corrected chi connectivity index (χ3v) is 7.14. The van der Waals surface area contributed by atoms with Crippen molar-refractivity contribution in [1.29, 1.82) is 0 Å². The van der Waals surface area contributed by atoms with Gasteiger partial charge in [0, 0.05) is 46.9 Å². The zero-order valence-electron chi connectivity index (χ0n) is 19.0. The van der Waals surface area contributed by atoms with Crippen LogP contribution >= 0.6 is 0 Å². The van der Waals surface area contributed by atoms with Gasteiger partial charge in [-0.15, -0.1) is 0 Å². The van der Waals surface area contributed by atoms with E-state index in [-0.39, 0.29) is 18.0 Å². The molecule has 3 heterocycles. The number of hydrogen-bond acceptors (Lipinski definition) is 5. The van der Waals surface area contributed by atoms with E-state index in [0.29, 0.717) is 24.6 Å². The molecule has 31 heavy (non-hydrogen) atoms. The Kier molecular flexibility index (Phi) is 7.66. The minimum absolute atomic E-state index is 0.0374. The van der Waals surface area contributed by atoms with E-state index in [9.17, 15) is 9.59 Å². The average Bonchev–Trinajstić information content (AvgIpc) is 2.93. The Labute approximate surface area is 184 Å². The summed E-state index contributed by atoms with van der Waals surface area (Å²) in [5, 5.41) is 5.76. The van der Waals surface area contributed by atoms with Gasteiger partial charge in [-0.2, -0.15) is 0 Å². The predicted octanol–water partition coefficient (Wildman–Crippen LogP) is 3.27. The molecule has 2 N–H and O–H groups in total. The Balaban J connectivity index is 1.51. The minimum Gasteiger partial charge on any atom is -0.361 e. The van der Waals surface area contributed by atoms with Crippen LogP contribution in [0.3, 0.4) is 0 Å². The molecule has 3 rings (SSSR count). The van der Waals surface area contributed by atoms with E-state index in [4.69, 9.17) is 4.74 Å². The quantitative estimate of drug-likeness (QED) is 0.502. The smallest absolute Gasteiger partial charge is 0.320 e. The van der Waals surface area contributed by atoms with Gasteiger partial charge in [0.1, 0.15) is 12.2 Å². The fourth-order valence-electron chi connectivity index (χ4n) is 3.56. The second kappa shape index (κ2) is 10.2. The van der Waals surface area contributed by atoms with Crippen molar-refractivity contribution in [2.24, 2.45) is 0 Å². The van der Waals surface area contributed by atoms with E-state index < -0.39 is 8.07 Å². The number of likely N-dealkylation sites (tertiary alicyclic amines) is 1. The summed E-state index contributed by atoms with van der Waals surface area (Å²) in [5.41, 5.74) is 1.44. The summed E-state index contributed by atoms with van der Waals surface area (Å²) in [7, 11) is -1.11. The first-order valence-corrected chi connectivity index (χ1v) is 14.6. The van der Waals surface area contributed by atoms with Crippen LogP contribution in [-0.2, 0) is 16.3 Å². The number of rotatable bonds is 7. The van der Waals surface area contributed by atoms with Crippen molar-refractivity contribution < 1.29 is 14.3 Å². The highest BCUT2D eigenvalue weighted by atomic mass is 28.3. The van der Waals surface area contributed by atoms with Gasteiger partial charge in [-0.1, -0.05) is 19.6 Å². The number of hydrogen-bond donors (Lipinski definition) is 2. The number of carbonyl (C=O) groups is 2. The fraction of sp³-hybridized carbons (Fsp3) is 0.619. The molecule has 1 unspecified atom stereocenters. The second-order valence-electron chi connectivity index (χ2n) is 9.33. The van der Waals surface area contributed by atoms with E-state index in [0.717, 1.165) is 44.1 Å². The second-order valence-corrected chi connectivity index (χ2v) is 15.0. The van der Waals surface area contributed by atoms with E-state index in [1.54, 1.807) is 13.1 Å². The summed E-state index contributed by atoms with van der Waals surface area (Å²) in [6, 6.07) is 2.73. The topological polar surface area (TPSA) is 101 Å². The lowest BCUT2D eigenvalue weighted by molar-refractivity contribution is -0.128. The maximum Gasteiger partial charge on any atom is 0.320 e. The van der Waals surface area contributed by atoms with Crippen molar-refractivity contribution in [2.45, 2.75) is 64.6 Å². The number of amides is 3. The summed E-state index contributed by atoms with van der Waals surface area (Å²) in [5.74, 6) is 0.489. The van der Waals surface area contributed by atoms with Crippen LogP contribution in [-0.4, -0.2) is 65.2 Å². The van der Waals surface area contributed by atoms with Gasteiger partial charge in [0.2, 0.25) is 5.91 Å². The first kappa shape index (κ1) is 23.2. The first-order chi connectivity index (χ1) is 14.7. The molecule has 0 radical (unpaired) electrons. The van der Waals surface area contributed by atoms with Gasteiger partial charge in [-0.3, -0.25) is 10.1 Å². The van der Waals surface area contributed by atoms with Crippen LogP contribution in [0.4, 0.5) is 10.6 Å². The Morgan fingerprint density at radius 2 is 2.06 bits per heavy atom. The molecule has 1 fully saturated rings. The molecule has 0 aromatic carbocycles. The van der Waals surface area contributed by atoms with Gasteiger partial charge in [0.25, 0.3) is 0 Å². The number of fused-ring (bicyclic) bond motifs is 1. The van der Waals surface area contributed by atoms with E-state index in [2.05, 4.69) is 40.2 Å². The first-order valence-electron chi connectivity index (χ1n) is 10.9. The zero-order chi connectivity index (χ0) is 22.4. The standard InChI is InChI=1S/C21H34N6O3Si/c1-16(28)26-9-5-6-17(7-10-26)23-21(29)25-19-14-22-20-18(24-19)8-11-27(20)15-30-12-13-31(2,3)4/h8,11,14,17H,5-7,9-10,12-13,15H2,1-4H3,(H2,23,24,25,29). The molecule has 1 aliphatic heterocycles. The summed E-state index contributed by atoms with van der Waals surface area (Å²) in [6.07, 6.45) is 5.94. The third kappa shape index (κ3) is 7.03. The van der Waals surface area contributed by atoms with Gasteiger partial charge in [0.05, 0.1) is 6.20 Å². The lowest BCUT2D eigenvalue weighted by Gasteiger charge is -2.19. The highest BCUT2D eigenvalue weighted by Gasteiger charge is 2.20. The lowest BCUT2D eigenvalue weighted by atomic mass is 10.1. The molecule has 10 heteroatoms. The molecule has 1 saturated heterocycles. The Morgan fingerprint density at radius 1 is 1.26 bits per heavy atom. The number of nitrogens with one attached hydrogen (secondary N) is 2. The van der Waals surface area contributed by atoms with Crippen LogP contribution in [0.5, 0.6) is 0 Å². The number of urea groups is 1. The molecule has 0 spiro atoms. The molecular weight excluding hydrogens is 412 g/mol. The van der Waals surface area contributed by atoms with Gasteiger partial charge >= 0.3 is 6.03 Å². The SMILES string of the molecule is CC(=O)N1CCCC(NC(=O)Nc2cnc3c(ccn3COCC[Si](C)(C)C)n2)CC1. The van der Waals surface area contributed by atoms with Crippen molar-refractivity contribution in [2.75, 3.05) is 25.0 Å². The molecule has 9 nitrogen and oxygen atoms in total. The van der Waals surface area contributed by atoms with Crippen molar-refractivity contribution in [3.05, 3.63) is 18.5 Å². The van der Waals surface area contributed by atoms with Crippen LogP contribution < -0.4 is 10.6 Å². The maximum atomic E-state index is 12.4. The molecule has 0 aliphatic carbocycles. The van der Waals surface area contributed by atoms with Gasteiger partial charge in [-0.25, -0.2) is 14.8 Å². The van der Waals surface area contributed by atoms with E-state index >= 15 is 0 Å². The number of aromatic nitrogens is 3. The predicted molar refractivity (Wildman–Crippen MR) is 124 cm³/mol. The van der Waals surface area contributed by atoms with Gasteiger partial charge in [-0.05, 0) is 31.4 Å². The van der Waals surface area contributed by atoms with Crippen molar-refractivity contribution in [3.8, 4) is 0 Å². The molecule has 0 bridgehead atoms. The highest BCUT2D eigenvalue weighted by molar-refractivity contribution is 6.76. The Bertz CT molecular complexity index is 910. The van der Waals surface area contributed by atoms with Crippen molar-refractivity contribution in [1.82, 2.24) is 24.8 Å². The van der Waals surface area contributed by atoms with Gasteiger partial charge in [0.15, 0.2) is 11.5 Å². The molecule has 1 aliphatic rings.